The molecule has 1 saturated carbocycles. The summed E-state index contributed by atoms with van der Waals surface area (Å²) in [6, 6.07) is 0. The van der Waals surface area contributed by atoms with E-state index in [2.05, 4.69) is 77.7 Å². The van der Waals surface area contributed by atoms with Crippen LogP contribution in [-0.4, -0.2) is 101 Å². The number of carbonyl (C=O) groups excluding carboxylic acids is 1. The van der Waals surface area contributed by atoms with Crippen molar-refractivity contribution in [3.05, 3.63) is 65.2 Å². The molecule has 16 nitrogen and oxygen atoms in total. The maximum absolute atomic E-state index is 12.5. The molecule has 0 spiro atoms. The first kappa shape index (κ1) is 41.8. The SMILES string of the molecule is CC(=O)[C@@]12COC([C@H](n3cc(C)c(=O)[nH]c3=O)O1)[C@H]2O[Si](C)(C)C(C)(C)C.Cc1cn([C@@H]2O[C@@]3(C4(O)CC4)COC2[C@H]3O[Si](C)(C)C(C)(C)C)c(=O)[nH]c1=O. The molecule has 5 fully saturated rings. The Morgan fingerprint density at radius 2 is 1.18 bits per heavy atom. The number of Topliss-reactive ketones (excluding diaryl/α,β-unsaturated/α-hetero) is 1. The van der Waals surface area contributed by atoms with Gasteiger partial charge in [0.05, 0.1) is 18.8 Å². The molecule has 7 rings (SSSR count). The van der Waals surface area contributed by atoms with E-state index in [9.17, 15) is 29.1 Å². The lowest BCUT2D eigenvalue weighted by atomic mass is 9.90. The molecule has 0 amide bonds. The van der Waals surface area contributed by atoms with Crippen molar-refractivity contribution >= 4 is 22.4 Å². The van der Waals surface area contributed by atoms with Gasteiger partial charge in [-0.3, -0.25) is 33.5 Å². The summed E-state index contributed by atoms with van der Waals surface area (Å²) in [5.74, 6) is -0.189. The topological polar surface area (TPSA) is 202 Å². The van der Waals surface area contributed by atoms with Gasteiger partial charge in [-0.2, -0.15) is 0 Å². The van der Waals surface area contributed by atoms with Gasteiger partial charge in [-0.15, -0.1) is 0 Å². The molecular formula is C37H58N4O12Si2. The second kappa shape index (κ2) is 13.4. The van der Waals surface area contributed by atoms with E-state index in [0.29, 0.717) is 24.0 Å². The number of aromatic amines is 2. The van der Waals surface area contributed by atoms with Crippen molar-refractivity contribution in [2.75, 3.05) is 13.2 Å². The van der Waals surface area contributed by atoms with Gasteiger partial charge in [-0.1, -0.05) is 41.5 Å². The fraction of sp³-hybridized carbons (Fsp3) is 0.757. The van der Waals surface area contributed by atoms with Crippen LogP contribution < -0.4 is 22.5 Å². The van der Waals surface area contributed by atoms with Crippen LogP contribution in [0.1, 0.15) is 84.9 Å². The predicted molar refractivity (Wildman–Crippen MR) is 206 cm³/mol. The van der Waals surface area contributed by atoms with Crippen LogP contribution in [0.3, 0.4) is 0 Å². The van der Waals surface area contributed by atoms with E-state index < -0.39 is 92.8 Å². The van der Waals surface area contributed by atoms with Gasteiger partial charge in [-0.25, -0.2) is 9.59 Å². The van der Waals surface area contributed by atoms with Gasteiger partial charge in [0.2, 0.25) is 0 Å². The van der Waals surface area contributed by atoms with Gasteiger partial charge in [0, 0.05) is 23.5 Å². The monoisotopic (exact) mass is 806 g/mol. The molecule has 55 heavy (non-hydrogen) atoms. The molecule has 4 aliphatic heterocycles. The van der Waals surface area contributed by atoms with Crippen molar-refractivity contribution in [1.82, 2.24) is 19.1 Å². The molecular weight excluding hydrogens is 749 g/mol. The molecule has 0 radical (unpaired) electrons. The van der Waals surface area contributed by atoms with Gasteiger partial charge < -0.3 is 32.9 Å². The minimum atomic E-state index is -2.23. The third-order valence-corrected chi connectivity index (χ3v) is 22.0. The Labute approximate surface area is 322 Å². The number of aromatic nitrogens is 4. The fourth-order valence-corrected chi connectivity index (χ4v) is 9.90. The molecule has 2 aromatic rings. The molecule has 2 unspecified atom stereocenters. The molecule has 1 aliphatic carbocycles. The quantitative estimate of drug-likeness (QED) is 0.330. The third-order valence-electron chi connectivity index (χ3n) is 13.1. The smallest absolute Gasteiger partial charge is 0.330 e. The Morgan fingerprint density at radius 3 is 1.62 bits per heavy atom. The molecule has 6 heterocycles. The summed E-state index contributed by atoms with van der Waals surface area (Å²) in [6.07, 6.45) is 0.380. The standard InChI is InChI=1S/C19H30N2O6Si.C18H28N2O6Si/c1-11-9-21(16(23)20-14(11)22)15-12-13(27-28(5,6)17(2,3)4)19(26-15,10-25-12)18(24)7-8-18;1-10-8-20(16(23)19-14(10)22)15-12-13(26-27(6,7)17(3,4)5)18(25-15,9-24-12)11(2)21/h9,12-13,15,24H,7-8,10H2,1-6H3,(H,20,22,23);8,12-13,15H,9H2,1-7H3,(H,19,22,23)/t12?,13-,15-,19+;12?,13-,15-,18-/m11/s1. The number of nitrogens with zero attached hydrogens (tertiary/aromatic N) is 2. The largest absolute Gasteiger partial charge is 0.408 e. The van der Waals surface area contributed by atoms with Gasteiger partial charge >= 0.3 is 11.4 Å². The van der Waals surface area contributed by atoms with Gasteiger partial charge in [0.1, 0.15) is 24.4 Å². The maximum atomic E-state index is 12.5. The van der Waals surface area contributed by atoms with Crippen LogP contribution in [0, 0.1) is 13.8 Å². The number of hydrogen-bond acceptors (Lipinski definition) is 12. The molecule has 4 saturated heterocycles. The molecule has 18 heteroatoms. The fourth-order valence-electron chi connectivity index (χ4n) is 7.27. The first-order valence-electron chi connectivity index (χ1n) is 18.9. The number of ketones is 1. The highest BCUT2D eigenvalue weighted by Crippen LogP contribution is 2.60. The average Bonchev–Trinajstić information content (AvgIpc) is 3.30. The Morgan fingerprint density at radius 1 is 0.764 bits per heavy atom. The van der Waals surface area contributed by atoms with E-state index in [1.807, 2.05) is 0 Å². The summed E-state index contributed by atoms with van der Waals surface area (Å²) < 4.78 is 40.3. The number of carbonyl (C=O) groups is 1. The van der Waals surface area contributed by atoms with Gasteiger partial charge in [0.15, 0.2) is 46.1 Å². The van der Waals surface area contributed by atoms with Crippen LogP contribution in [0.4, 0.5) is 0 Å². The van der Waals surface area contributed by atoms with Crippen LogP contribution in [0.15, 0.2) is 31.6 Å². The van der Waals surface area contributed by atoms with Gasteiger partial charge in [-0.05, 0) is 69.9 Å². The first-order valence-corrected chi connectivity index (χ1v) is 24.8. The number of H-pyrrole nitrogens is 2. The lowest BCUT2D eigenvalue weighted by molar-refractivity contribution is -0.218. The Balaban J connectivity index is 0.000000187. The highest BCUT2D eigenvalue weighted by atomic mass is 28.4. The van der Waals surface area contributed by atoms with E-state index in [-0.39, 0.29) is 29.1 Å². The molecule has 306 valence electrons. The molecule has 3 N–H and O–H groups in total. The van der Waals surface area contributed by atoms with Gasteiger partial charge in [0.25, 0.3) is 11.1 Å². The first-order chi connectivity index (χ1) is 25.1. The van der Waals surface area contributed by atoms with E-state index in [4.69, 9.17) is 27.8 Å². The summed E-state index contributed by atoms with van der Waals surface area (Å²) in [5.41, 5.74) is -4.49. The van der Waals surface area contributed by atoms with E-state index >= 15 is 0 Å². The zero-order valence-electron chi connectivity index (χ0n) is 34.3. The van der Waals surface area contributed by atoms with Crippen molar-refractivity contribution in [2.45, 2.75) is 165 Å². The van der Waals surface area contributed by atoms with E-state index in [1.54, 1.807) is 13.8 Å². The summed E-state index contributed by atoms with van der Waals surface area (Å²) in [7, 11) is -4.42. The zero-order chi connectivity index (χ0) is 41.1. The molecule has 8 atom stereocenters. The number of aliphatic hydroxyl groups is 1. The third kappa shape index (κ3) is 6.78. The van der Waals surface area contributed by atoms with Crippen molar-refractivity contribution < 1.29 is 37.7 Å². The minimum absolute atomic E-state index is 0.0245. The Kier molecular flexibility index (Phi) is 10.2. The molecule has 0 aromatic carbocycles. The van der Waals surface area contributed by atoms with Crippen LogP contribution in [0.2, 0.25) is 36.3 Å². The lowest BCUT2D eigenvalue weighted by Crippen LogP contribution is -2.57. The summed E-state index contributed by atoms with van der Waals surface area (Å²) in [4.78, 5) is 65.4. The number of rotatable bonds is 8. The summed E-state index contributed by atoms with van der Waals surface area (Å²) in [5, 5.41) is 11.0. The normalized spacial score (nSPS) is 32.4. The number of hydrogen-bond donors (Lipinski definition) is 3. The highest BCUT2D eigenvalue weighted by Gasteiger charge is 2.75. The molecule has 2 aromatic heterocycles. The summed E-state index contributed by atoms with van der Waals surface area (Å²) in [6.45, 7) is 26.4. The minimum Gasteiger partial charge on any atom is -0.408 e. The van der Waals surface area contributed by atoms with Crippen LogP contribution in [0.25, 0.3) is 0 Å². The van der Waals surface area contributed by atoms with Crippen molar-refractivity contribution in [2.24, 2.45) is 0 Å². The highest BCUT2D eigenvalue weighted by molar-refractivity contribution is 6.74. The number of fused-ring (bicyclic) bond motifs is 4. The zero-order valence-corrected chi connectivity index (χ0v) is 36.3. The second-order valence-electron chi connectivity index (χ2n) is 19.0. The number of ether oxygens (including phenoxy) is 4. The Bertz CT molecular complexity index is 2090. The summed E-state index contributed by atoms with van der Waals surface area (Å²) >= 11 is 0. The van der Waals surface area contributed by atoms with E-state index in [1.165, 1.54) is 28.5 Å². The van der Waals surface area contributed by atoms with Crippen LogP contribution in [-0.2, 0) is 32.6 Å². The number of aryl methyl sites for hydroxylation is 2. The predicted octanol–water partition coefficient (Wildman–Crippen LogP) is 2.92. The lowest BCUT2D eigenvalue weighted by Gasteiger charge is -2.42. The van der Waals surface area contributed by atoms with Crippen LogP contribution >= 0.6 is 0 Å². The molecule has 4 bridgehead atoms. The van der Waals surface area contributed by atoms with Crippen LogP contribution in [0.5, 0.6) is 0 Å². The second-order valence-corrected chi connectivity index (χ2v) is 28.5. The Hall–Kier alpha value is -2.82. The van der Waals surface area contributed by atoms with Crippen molar-refractivity contribution in [3.8, 4) is 0 Å². The number of nitrogens with one attached hydrogen (secondary N) is 2. The van der Waals surface area contributed by atoms with Crippen molar-refractivity contribution in [1.29, 1.82) is 0 Å². The average molecular weight is 807 g/mol. The maximum Gasteiger partial charge on any atom is 0.330 e. The van der Waals surface area contributed by atoms with Crippen molar-refractivity contribution in [3.63, 3.8) is 0 Å². The molecule has 5 aliphatic rings. The van der Waals surface area contributed by atoms with E-state index in [0.717, 1.165) is 0 Å².